The van der Waals surface area contributed by atoms with Gasteiger partial charge in [0.15, 0.2) is 0 Å². The van der Waals surface area contributed by atoms with E-state index in [2.05, 4.69) is 14.9 Å². The van der Waals surface area contributed by atoms with Crippen LogP contribution in [0.25, 0.3) is 0 Å². The minimum atomic E-state index is -0.266. The van der Waals surface area contributed by atoms with Crippen molar-refractivity contribution < 1.29 is 9.53 Å². The first-order valence-corrected chi connectivity index (χ1v) is 6.45. The Bertz CT molecular complexity index is 410. The highest BCUT2D eigenvalue weighted by Gasteiger charge is 2.26. The third kappa shape index (κ3) is 2.90. The van der Waals surface area contributed by atoms with Gasteiger partial charge in [-0.05, 0) is 18.8 Å². The molecule has 1 heterocycles. The van der Waals surface area contributed by atoms with Crippen molar-refractivity contribution in [3.8, 4) is 0 Å². The molecule has 1 atom stereocenters. The molecule has 18 heavy (non-hydrogen) atoms. The van der Waals surface area contributed by atoms with Crippen LogP contribution in [0.1, 0.15) is 38.4 Å². The SMILES string of the molecule is COC(=O)[C@@H](NCc1cncn1C1CC1)C(C)C. The minimum Gasteiger partial charge on any atom is -0.468 e. The van der Waals surface area contributed by atoms with Crippen LogP contribution in [0.5, 0.6) is 0 Å². The van der Waals surface area contributed by atoms with Crippen LogP contribution in [0.15, 0.2) is 12.5 Å². The Morgan fingerprint density at radius 3 is 2.89 bits per heavy atom. The van der Waals surface area contributed by atoms with Gasteiger partial charge in [-0.15, -0.1) is 0 Å². The Hall–Kier alpha value is -1.36. The van der Waals surface area contributed by atoms with Gasteiger partial charge in [-0.2, -0.15) is 0 Å². The smallest absolute Gasteiger partial charge is 0.323 e. The van der Waals surface area contributed by atoms with Crippen molar-refractivity contribution in [3.63, 3.8) is 0 Å². The molecule has 0 amide bonds. The molecule has 5 heteroatoms. The molecular formula is C13H21N3O2. The maximum Gasteiger partial charge on any atom is 0.323 e. The van der Waals surface area contributed by atoms with E-state index in [-0.39, 0.29) is 17.9 Å². The Kier molecular flexibility index (Phi) is 4.01. The van der Waals surface area contributed by atoms with Crippen LogP contribution in [-0.2, 0) is 16.1 Å². The molecule has 1 aromatic heterocycles. The highest BCUT2D eigenvalue weighted by Crippen LogP contribution is 2.35. The Morgan fingerprint density at radius 2 is 2.33 bits per heavy atom. The predicted octanol–water partition coefficient (Wildman–Crippen LogP) is 1.51. The Labute approximate surface area is 108 Å². The van der Waals surface area contributed by atoms with E-state index in [1.807, 2.05) is 26.4 Å². The van der Waals surface area contributed by atoms with Gasteiger partial charge in [-0.25, -0.2) is 4.98 Å². The van der Waals surface area contributed by atoms with Crippen molar-refractivity contribution in [1.82, 2.24) is 14.9 Å². The first-order chi connectivity index (χ1) is 8.63. The fourth-order valence-electron chi connectivity index (χ4n) is 2.08. The second kappa shape index (κ2) is 5.52. The summed E-state index contributed by atoms with van der Waals surface area (Å²) in [7, 11) is 1.42. The van der Waals surface area contributed by atoms with Crippen LogP contribution in [0.3, 0.4) is 0 Å². The van der Waals surface area contributed by atoms with E-state index in [1.165, 1.54) is 20.0 Å². The molecule has 0 unspecified atom stereocenters. The van der Waals surface area contributed by atoms with Crippen LogP contribution in [0.4, 0.5) is 0 Å². The maximum absolute atomic E-state index is 11.6. The fourth-order valence-corrected chi connectivity index (χ4v) is 2.08. The van der Waals surface area contributed by atoms with Gasteiger partial charge < -0.3 is 9.30 Å². The first kappa shape index (κ1) is 13.1. The molecule has 1 saturated carbocycles. The van der Waals surface area contributed by atoms with E-state index < -0.39 is 0 Å². The number of methoxy groups -OCH3 is 1. The Balaban J connectivity index is 1.96. The number of ether oxygens (including phenoxy) is 1. The second-order valence-corrected chi connectivity index (χ2v) is 5.15. The van der Waals surface area contributed by atoms with E-state index in [4.69, 9.17) is 4.74 Å². The molecule has 0 radical (unpaired) electrons. The number of hydrogen-bond acceptors (Lipinski definition) is 4. The molecule has 2 rings (SSSR count). The minimum absolute atomic E-state index is 0.203. The molecule has 0 aliphatic heterocycles. The zero-order chi connectivity index (χ0) is 13.1. The van der Waals surface area contributed by atoms with E-state index >= 15 is 0 Å². The van der Waals surface area contributed by atoms with Crippen molar-refractivity contribution in [2.24, 2.45) is 5.92 Å². The highest BCUT2D eigenvalue weighted by atomic mass is 16.5. The number of nitrogens with one attached hydrogen (secondary N) is 1. The summed E-state index contributed by atoms with van der Waals surface area (Å²) < 4.78 is 7.01. The second-order valence-electron chi connectivity index (χ2n) is 5.15. The predicted molar refractivity (Wildman–Crippen MR) is 68.0 cm³/mol. The quantitative estimate of drug-likeness (QED) is 0.779. The zero-order valence-corrected chi connectivity index (χ0v) is 11.2. The molecule has 1 fully saturated rings. The molecule has 100 valence electrons. The van der Waals surface area contributed by atoms with Gasteiger partial charge in [0.1, 0.15) is 6.04 Å². The summed E-state index contributed by atoms with van der Waals surface area (Å²) in [5, 5.41) is 3.26. The van der Waals surface area contributed by atoms with Crippen LogP contribution < -0.4 is 5.32 Å². The molecule has 1 aliphatic rings. The van der Waals surface area contributed by atoms with Gasteiger partial charge in [0.25, 0.3) is 0 Å². The van der Waals surface area contributed by atoms with E-state index in [1.54, 1.807) is 0 Å². The van der Waals surface area contributed by atoms with Crippen LogP contribution in [-0.4, -0.2) is 28.7 Å². The monoisotopic (exact) mass is 251 g/mol. The summed E-state index contributed by atoms with van der Waals surface area (Å²) in [5.41, 5.74) is 1.13. The largest absolute Gasteiger partial charge is 0.468 e. The summed E-state index contributed by atoms with van der Waals surface area (Å²) in [6.45, 7) is 4.66. The average molecular weight is 251 g/mol. The van der Waals surface area contributed by atoms with Crippen molar-refractivity contribution in [1.29, 1.82) is 0 Å². The summed E-state index contributed by atoms with van der Waals surface area (Å²) in [6.07, 6.45) is 6.19. The molecule has 1 aliphatic carbocycles. The van der Waals surface area contributed by atoms with Gasteiger partial charge >= 0.3 is 5.97 Å². The zero-order valence-electron chi connectivity index (χ0n) is 11.2. The number of rotatable bonds is 6. The van der Waals surface area contributed by atoms with Gasteiger partial charge in [0, 0.05) is 18.8 Å². The number of nitrogens with zero attached hydrogens (tertiary/aromatic N) is 2. The molecule has 5 nitrogen and oxygen atoms in total. The lowest BCUT2D eigenvalue weighted by Gasteiger charge is -2.20. The normalized spacial score (nSPS) is 16.9. The van der Waals surface area contributed by atoms with Crippen LogP contribution in [0, 0.1) is 5.92 Å². The molecular weight excluding hydrogens is 230 g/mol. The lowest BCUT2D eigenvalue weighted by atomic mass is 10.0. The van der Waals surface area contributed by atoms with Crippen molar-refractivity contribution >= 4 is 5.97 Å². The van der Waals surface area contributed by atoms with Gasteiger partial charge in [0.05, 0.1) is 19.1 Å². The van der Waals surface area contributed by atoms with Gasteiger partial charge in [-0.3, -0.25) is 10.1 Å². The molecule has 0 spiro atoms. The number of aromatic nitrogens is 2. The van der Waals surface area contributed by atoms with Gasteiger partial charge in [-0.1, -0.05) is 13.8 Å². The van der Waals surface area contributed by atoms with Crippen LogP contribution in [0.2, 0.25) is 0 Å². The van der Waals surface area contributed by atoms with Crippen molar-refractivity contribution in [2.75, 3.05) is 7.11 Å². The van der Waals surface area contributed by atoms with Crippen molar-refractivity contribution in [3.05, 3.63) is 18.2 Å². The number of hydrogen-bond donors (Lipinski definition) is 1. The number of carbonyl (C=O) groups is 1. The highest BCUT2D eigenvalue weighted by molar-refractivity contribution is 5.75. The summed E-state index contributed by atoms with van der Waals surface area (Å²) >= 11 is 0. The molecule has 1 aromatic rings. The summed E-state index contributed by atoms with van der Waals surface area (Å²) in [4.78, 5) is 15.8. The summed E-state index contributed by atoms with van der Waals surface area (Å²) in [5.74, 6) is -0.00256. The van der Waals surface area contributed by atoms with E-state index in [0.29, 0.717) is 12.6 Å². The number of carbonyl (C=O) groups excluding carboxylic acids is 1. The summed E-state index contributed by atoms with van der Waals surface area (Å²) in [6, 6.07) is 0.345. The standard InChI is InChI=1S/C13H21N3O2/c1-9(2)12(13(17)18-3)15-7-11-6-14-8-16(11)10-4-5-10/h6,8-10,12,15H,4-5,7H2,1-3H3/t12-/m0/s1. The topological polar surface area (TPSA) is 56.1 Å². The molecule has 0 bridgehead atoms. The van der Waals surface area contributed by atoms with E-state index in [9.17, 15) is 4.79 Å². The number of imidazole rings is 1. The maximum atomic E-state index is 11.6. The number of esters is 1. The first-order valence-electron chi connectivity index (χ1n) is 6.45. The lowest BCUT2D eigenvalue weighted by Crippen LogP contribution is -2.41. The third-order valence-corrected chi connectivity index (χ3v) is 3.31. The molecule has 0 aromatic carbocycles. The van der Waals surface area contributed by atoms with Gasteiger partial charge in [0.2, 0.25) is 0 Å². The Morgan fingerprint density at radius 1 is 1.61 bits per heavy atom. The lowest BCUT2D eigenvalue weighted by molar-refractivity contribution is -0.144. The third-order valence-electron chi connectivity index (χ3n) is 3.31. The average Bonchev–Trinajstić information content (AvgIpc) is 3.09. The fraction of sp³-hybridized carbons (Fsp3) is 0.692. The van der Waals surface area contributed by atoms with Crippen LogP contribution >= 0.6 is 0 Å². The molecule has 1 N–H and O–H groups in total. The molecule has 0 saturated heterocycles. The van der Waals surface area contributed by atoms with Crippen molar-refractivity contribution in [2.45, 2.75) is 45.3 Å². The van der Waals surface area contributed by atoms with E-state index in [0.717, 1.165) is 5.69 Å².